The van der Waals surface area contributed by atoms with Crippen LogP contribution in [0, 0.1) is 0 Å². The number of rotatable bonds is 8. The topological polar surface area (TPSA) is 76.6 Å². The molecule has 0 radical (unpaired) electrons. The number of nitrogens with zero attached hydrogens (tertiary/aromatic N) is 2. The molecule has 0 fully saturated rings. The average molecular weight is 493 g/mol. The maximum Gasteiger partial charge on any atom is 0.323 e. The number of anilines is 1. The lowest BCUT2D eigenvalue weighted by atomic mass is 10.0. The summed E-state index contributed by atoms with van der Waals surface area (Å²) in [6, 6.07) is 11.8. The van der Waals surface area contributed by atoms with Gasteiger partial charge >= 0.3 is 5.97 Å². The number of esters is 1. The van der Waals surface area contributed by atoms with Crippen molar-refractivity contribution in [1.29, 1.82) is 0 Å². The molecule has 0 aliphatic heterocycles. The van der Waals surface area contributed by atoms with Crippen LogP contribution < -0.4 is 4.31 Å². The van der Waals surface area contributed by atoms with E-state index in [1.165, 1.54) is 32.5 Å². The van der Waals surface area contributed by atoms with Gasteiger partial charge in [-0.1, -0.05) is 44.2 Å². The molecule has 1 aromatic carbocycles. The molecule has 3 aromatic rings. The molecule has 0 amide bonds. The van der Waals surface area contributed by atoms with Gasteiger partial charge in [0.15, 0.2) is 10.9 Å². The van der Waals surface area contributed by atoms with Gasteiger partial charge in [-0.15, -0.1) is 22.7 Å². The summed E-state index contributed by atoms with van der Waals surface area (Å²) < 4.78 is 32.9. The molecule has 0 spiro atoms. The van der Waals surface area contributed by atoms with E-state index in [2.05, 4.69) is 31.0 Å². The molecule has 6 nitrogen and oxygen atoms in total. The first kappa shape index (κ1) is 24.4. The summed E-state index contributed by atoms with van der Waals surface area (Å²) in [6.45, 7) is 9.50. The molecule has 2 heterocycles. The van der Waals surface area contributed by atoms with E-state index in [1.54, 1.807) is 20.8 Å². The van der Waals surface area contributed by atoms with Gasteiger partial charge in [0, 0.05) is 15.8 Å². The Morgan fingerprint density at radius 2 is 1.81 bits per heavy atom. The largest absolute Gasteiger partial charge is 0.459 e. The van der Waals surface area contributed by atoms with Crippen LogP contribution in [0.25, 0.3) is 11.3 Å². The van der Waals surface area contributed by atoms with E-state index < -0.39 is 27.3 Å². The first-order valence-electron chi connectivity index (χ1n) is 10.2. The van der Waals surface area contributed by atoms with Crippen molar-refractivity contribution in [2.45, 2.75) is 52.7 Å². The fourth-order valence-electron chi connectivity index (χ4n) is 2.98. The zero-order valence-corrected chi connectivity index (χ0v) is 21.3. The van der Waals surface area contributed by atoms with Crippen LogP contribution in [-0.2, 0) is 26.1 Å². The Hall–Kier alpha value is -2.23. The molecule has 0 aliphatic rings. The Morgan fingerprint density at radius 1 is 1.12 bits per heavy atom. The minimum absolute atomic E-state index is 0.113. The molecule has 0 bridgehead atoms. The number of thiazole rings is 1. The Balaban J connectivity index is 1.90. The summed E-state index contributed by atoms with van der Waals surface area (Å²) in [5.74, 6) is -1.10. The van der Waals surface area contributed by atoms with Crippen molar-refractivity contribution in [1.82, 2.24) is 4.98 Å². The standard InChI is InChI=1S/C23H28N2O4S3/c1-16(2)17-8-10-18(11-9-17)20-14-31-22(24-20)25(13-19-7-6-12-30-19)32(27,28)15-21(26)29-23(3,4)5/h6-12,14,16H,13,15H2,1-5H3. The number of ether oxygens (including phenoxy) is 1. The molecular formula is C23H28N2O4S3. The molecule has 9 heteroatoms. The van der Waals surface area contributed by atoms with Gasteiger partial charge in [0.2, 0.25) is 10.0 Å². The van der Waals surface area contributed by atoms with Gasteiger partial charge in [-0.05, 0) is 43.7 Å². The minimum atomic E-state index is -4.00. The molecule has 0 aliphatic carbocycles. The van der Waals surface area contributed by atoms with Crippen LogP contribution in [0.1, 0.15) is 51.0 Å². The van der Waals surface area contributed by atoms with E-state index in [-0.39, 0.29) is 6.54 Å². The predicted octanol–water partition coefficient (Wildman–Crippen LogP) is 5.67. The van der Waals surface area contributed by atoms with E-state index in [9.17, 15) is 13.2 Å². The Morgan fingerprint density at radius 3 is 2.38 bits per heavy atom. The summed E-state index contributed by atoms with van der Waals surface area (Å²) in [7, 11) is -4.00. The third kappa shape index (κ3) is 6.40. The third-order valence-electron chi connectivity index (χ3n) is 4.51. The van der Waals surface area contributed by atoms with Crippen LogP contribution in [0.4, 0.5) is 5.13 Å². The molecule has 0 saturated carbocycles. The highest BCUT2D eigenvalue weighted by Gasteiger charge is 2.31. The number of benzene rings is 1. The molecular weight excluding hydrogens is 464 g/mol. The zero-order chi connectivity index (χ0) is 23.5. The van der Waals surface area contributed by atoms with Crippen molar-refractivity contribution in [2.75, 3.05) is 10.1 Å². The summed E-state index contributed by atoms with van der Waals surface area (Å²) in [4.78, 5) is 17.7. The molecule has 0 saturated heterocycles. The lowest BCUT2D eigenvalue weighted by molar-refractivity contribution is -0.151. The van der Waals surface area contributed by atoms with E-state index >= 15 is 0 Å². The Bertz CT molecular complexity index is 1140. The number of hydrogen-bond donors (Lipinski definition) is 0. The van der Waals surface area contributed by atoms with Crippen LogP contribution in [0.2, 0.25) is 0 Å². The van der Waals surface area contributed by atoms with Crippen molar-refractivity contribution < 1.29 is 17.9 Å². The average Bonchev–Trinajstić information content (AvgIpc) is 3.36. The lowest BCUT2D eigenvalue weighted by Crippen LogP contribution is -2.37. The van der Waals surface area contributed by atoms with Crippen LogP contribution >= 0.6 is 22.7 Å². The van der Waals surface area contributed by atoms with Gasteiger partial charge < -0.3 is 4.74 Å². The quantitative estimate of drug-likeness (QED) is 0.379. The normalized spacial score (nSPS) is 12.2. The molecule has 0 unspecified atom stereocenters. The fraction of sp³-hybridized carbons (Fsp3) is 0.391. The summed E-state index contributed by atoms with van der Waals surface area (Å²) in [5, 5.41) is 4.05. The van der Waals surface area contributed by atoms with Gasteiger partial charge in [-0.25, -0.2) is 17.7 Å². The summed E-state index contributed by atoms with van der Waals surface area (Å²) in [5.41, 5.74) is 2.08. The fourth-order valence-corrected chi connectivity index (χ4v) is 6.09. The second kappa shape index (κ2) is 9.72. The Kier molecular flexibility index (Phi) is 7.42. The maximum atomic E-state index is 13.2. The maximum absolute atomic E-state index is 13.2. The van der Waals surface area contributed by atoms with Crippen molar-refractivity contribution in [3.05, 3.63) is 57.6 Å². The zero-order valence-electron chi connectivity index (χ0n) is 18.9. The van der Waals surface area contributed by atoms with E-state index in [1.807, 2.05) is 35.0 Å². The number of carbonyl (C=O) groups excluding carboxylic acids is 1. The summed E-state index contributed by atoms with van der Waals surface area (Å²) >= 11 is 2.69. The van der Waals surface area contributed by atoms with Gasteiger partial charge in [-0.3, -0.25) is 4.79 Å². The molecule has 0 atom stereocenters. The van der Waals surface area contributed by atoms with Gasteiger partial charge in [-0.2, -0.15) is 0 Å². The van der Waals surface area contributed by atoms with E-state index in [0.29, 0.717) is 16.7 Å². The van der Waals surface area contributed by atoms with Crippen LogP contribution in [-0.4, -0.2) is 30.7 Å². The number of aromatic nitrogens is 1. The van der Waals surface area contributed by atoms with Crippen LogP contribution in [0.5, 0.6) is 0 Å². The smallest absolute Gasteiger partial charge is 0.323 e. The highest BCUT2D eigenvalue weighted by Crippen LogP contribution is 2.32. The SMILES string of the molecule is CC(C)c1ccc(-c2csc(N(Cc3cccs3)S(=O)(=O)CC(=O)OC(C)(C)C)n2)cc1. The number of hydrogen-bond acceptors (Lipinski definition) is 7. The van der Waals surface area contributed by atoms with Gasteiger partial charge in [0.05, 0.1) is 12.2 Å². The molecule has 172 valence electrons. The summed E-state index contributed by atoms with van der Waals surface area (Å²) in [6.07, 6.45) is 0. The molecule has 32 heavy (non-hydrogen) atoms. The number of sulfonamides is 1. The van der Waals surface area contributed by atoms with Crippen LogP contribution in [0.3, 0.4) is 0 Å². The highest BCUT2D eigenvalue weighted by molar-refractivity contribution is 7.93. The predicted molar refractivity (Wildman–Crippen MR) is 132 cm³/mol. The monoisotopic (exact) mass is 492 g/mol. The van der Waals surface area contributed by atoms with Crippen molar-refractivity contribution in [3.63, 3.8) is 0 Å². The van der Waals surface area contributed by atoms with Crippen molar-refractivity contribution >= 4 is 43.8 Å². The lowest BCUT2D eigenvalue weighted by Gasteiger charge is -2.23. The van der Waals surface area contributed by atoms with E-state index in [0.717, 1.165) is 10.4 Å². The first-order chi connectivity index (χ1) is 14.9. The molecule has 3 rings (SSSR count). The second-order valence-electron chi connectivity index (χ2n) is 8.72. The second-order valence-corrected chi connectivity index (χ2v) is 12.5. The first-order valence-corrected chi connectivity index (χ1v) is 13.6. The van der Waals surface area contributed by atoms with Gasteiger partial charge in [0.25, 0.3) is 0 Å². The third-order valence-corrected chi connectivity index (χ3v) is 7.93. The van der Waals surface area contributed by atoms with Crippen molar-refractivity contribution in [2.24, 2.45) is 0 Å². The number of thiophene rings is 1. The minimum Gasteiger partial charge on any atom is -0.459 e. The van der Waals surface area contributed by atoms with Crippen LogP contribution in [0.15, 0.2) is 47.2 Å². The van der Waals surface area contributed by atoms with E-state index in [4.69, 9.17) is 4.74 Å². The number of carbonyl (C=O) groups is 1. The molecule has 0 N–H and O–H groups in total. The highest BCUT2D eigenvalue weighted by atomic mass is 32.2. The Labute approximate surface area is 197 Å². The molecule has 2 aromatic heterocycles. The van der Waals surface area contributed by atoms with Crippen molar-refractivity contribution in [3.8, 4) is 11.3 Å². The van der Waals surface area contributed by atoms with Gasteiger partial charge in [0.1, 0.15) is 5.60 Å².